The van der Waals surface area contributed by atoms with E-state index < -0.39 is 0 Å². The van der Waals surface area contributed by atoms with E-state index in [1.165, 1.54) is 5.52 Å². The van der Waals surface area contributed by atoms with Crippen LogP contribution in [0.4, 0.5) is 0 Å². The molecule has 5 heteroatoms. The minimum atomic E-state index is 0.576. The summed E-state index contributed by atoms with van der Waals surface area (Å²) >= 11 is 0. The smallest absolute Gasteiger partial charge is 0.141 e. The van der Waals surface area contributed by atoms with Gasteiger partial charge in [0, 0.05) is 30.8 Å². The van der Waals surface area contributed by atoms with E-state index in [9.17, 15) is 0 Å². The highest BCUT2D eigenvalue weighted by molar-refractivity contribution is 5.82. The van der Waals surface area contributed by atoms with Crippen molar-refractivity contribution < 1.29 is 0 Å². The average molecular weight is 396 g/mol. The lowest BCUT2D eigenvalue weighted by Gasteiger charge is -2.10. The second-order valence-electron chi connectivity index (χ2n) is 7.52. The summed E-state index contributed by atoms with van der Waals surface area (Å²) in [5, 5.41) is 0. The summed E-state index contributed by atoms with van der Waals surface area (Å²) in [6.07, 6.45) is 1.06. The maximum absolute atomic E-state index is 5.88. The molecule has 5 nitrogen and oxygen atoms in total. The Labute approximate surface area is 175 Å². The lowest BCUT2D eigenvalue weighted by molar-refractivity contribution is 0.704. The Bertz CT molecular complexity index is 1210. The molecule has 0 saturated heterocycles. The van der Waals surface area contributed by atoms with Crippen LogP contribution in [0.1, 0.15) is 13.3 Å². The molecule has 0 atom stereocenters. The Morgan fingerprint density at radius 2 is 1.13 bits per heavy atom. The largest absolute Gasteiger partial charge is 0.329 e. The van der Waals surface area contributed by atoms with Crippen LogP contribution in [0.2, 0.25) is 0 Å². The van der Waals surface area contributed by atoms with Gasteiger partial charge in [-0.25, -0.2) is 9.97 Å². The van der Waals surface area contributed by atoms with E-state index in [1.807, 2.05) is 24.3 Å². The molecule has 0 unspecified atom stereocenters. The molecule has 150 valence electrons. The zero-order chi connectivity index (χ0) is 20.5. The number of rotatable bonds is 6. The highest BCUT2D eigenvalue weighted by Crippen LogP contribution is 2.29. The second kappa shape index (κ2) is 7.76. The van der Waals surface area contributed by atoms with Crippen molar-refractivity contribution in [1.29, 1.82) is 0 Å². The van der Waals surface area contributed by atoms with Crippen molar-refractivity contribution in [3.05, 3.63) is 72.8 Å². The normalized spacial score (nSPS) is 11.5. The molecule has 0 amide bonds. The van der Waals surface area contributed by atoms with Gasteiger partial charge in [-0.2, -0.15) is 0 Å². The summed E-state index contributed by atoms with van der Waals surface area (Å²) in [6.45, 7) is 4.46. The third-order valence-corrected chi connectivity index (χ3v) is 5.51. The minimum absolute atomic E-state index is 0.576. The maximum atomic E-state index is 5.88. The molecule has 30 heavy (non-hydrogen) atoms. The molecule has 5 aromatic rings. The number of aromatic nitrogens is 4. The maximum Gasteiger partial charge on any atom is 0.141 e. The third kappa shape index (κ3) is 3.08. The van der Waals surface area contributed by atoms with Crippen molar-refractivity contribution in [2.75, 3.05) is 6.54 Å². The lowest BCUT2D eigenvalue weighted by Crippen LogP contribution is -2.10. The summed E-state index contributed by atoms with van der Waals surface area (Å²) in [7, 11) is 0. The van der Waals surface area contributed by atoms with Crippen LogP contribution in [0.3, 0.4) is 0 Å². The average Bonchev–Trinajstić information content (AvgIpc) is 3.34. The Morgan fingerprint density at radius 3 is 1.60 bits per heavy atom. The second-order valence-corrected chi connectivity index (χ2v) is 7.52. The van der Waals surface area contributed by atoms with E-state index in [0.717, 1.165) is 58.8 Å². The van der Waals surface area contributed by atoms with Crippen molar-refractivity contribution >= 4 is 22.1 Å². The van der Waals surface area contributed by atoms with Gasteiger partial charge in [0.25, 0.3) is 0 Å². The molecule has 0 saturated carbocycles. The Hall–Kier alpha value is -3.44. The van der Waals surface area contributed by atoms with Gasteiger partial charge in [0.15, 0.2) is 0 Å². The molecule has 0 aliphatic heterocycles. The molecule has 5 rings (SSSR count). The van der Waals surface area contributed by atoms with Gasteiger partial charge in [-0.15, -0.1) is 0 Å². The zero-order valence-electron chi connectivity index (χ0n) is 17.1. The van der Waals surface area contributed by atoms with Gasteiger partial charge in [-0.1, -0.05) is 55.5 Å². The fraction of sp³-hybridized carbons (Fsp3) is 0.200. The van der Waals surface area contributed by atoms with Gasteiger partial charge in [0.2, 0.25) is 0 Å². The molecule has 0 aliphatic rings. The molecule has 0 spiro atoms. The number of para-hydroxylation sites is 4. The minimum Gasteiger partial charge on any atom is -0.329 e. The Kier molecular flexibility index (Phi) is 4.81. The quantitative estimate of drug-likeness (QED) is 0.436. The summed E-state index contributed by atoms with van der Waals surface area (Å²) in [5.74, 6) is 1.97. The van der Waals surface area contributed by atoms with E-state index in [2.05, 4.69) is 64.6 Å². The highest BCUT2D eigenvalue weighted by atomic mass is 15.1. The first-order chi connectivity index (χ1) is 14.8. The van der Waals surface area contributed by atoms with E-state index in [1.54, 1.807) is 0 Å². The van der Waals surface area contributed by atoms with Crippen LogP contribution in [0.5, 0.6) is 0 Å². The van der Waals surface area contributed by atoms with Gasteiger partial charge in [0.1, 0.15) is 11.6 Å². The van der Waals surface area contributed by atoms with Gasteiger partial charge in [-0.3, -0.25) is 0 Å². The molecular formula is C25H25N5. The summed E-state index contributed by atoms with van der Waals surface area (Å²) < 4.78 is 4.52. The molecule has 0 bridgehead atoms. The summed E-state index contributed by atoms with van der Waals surface area (Å²) in [6, 6.07) is 25.1. The molecule has 0 fully saturated rings. The fourth-order valence-electron chi connectivity index (χ4n) is 4.17. The fourth-order valence-corrected chi connectivity index (χ4v) is 4.17. The Balaban J connectivity index is 1.59. The predicted octanol–water partition coefficient (Wildman–Crippen LogP) is 5.09. The van der Waals surface area contributed by atoms with Crippen molar-refractivity contribution in [2.45, 2.75) is 26.4 Å². The molecular weight excluding hydrogens is 370 g/mol. The van der Waals surface area contributed by atoms with Gasteiger partial charge in [-0.05, 0) is 30.7 Å². The zero-order valence-corrected chi connectivity index (χ0v) is 17.1. The first kappa shape index (κ1) is 18.6. The highest BCUT2D eigenvalue weighted by Gasteiger charge is 2.14. The van der Waals surface area contributed by atoms with Crippen molar-refractivity contribution in [3.63, 3.8) is 0 Å². The van der Waals surface area contributed by atoms with Gasteiger partial charge >= 0.3 is 0 Å². The number of aryl methyl sites for hydroxylation is 1. The topological polar surface area (TPSA) is 61.7 Å². The van der Waals surface area contributed by atoms with Crippen LogP contribution < -0.4 is 5.73 Å². The first-order valence-electron chi connectivity index (χ1n) is 10.5. The number of hydrogen-bond donors (Lipinski definition) is 1. The molecule has 2 aromatic heterocycles. The summed E-state index contributed by atoms with van der Waals surface area (Å²) in [5.41, 5.74) is 12.4. The number of benzene rings is 3. The monoisotopic (exact) mass is 395 g/mol. The molecule has 2 heterocycles. The van der Waals surface area contributed by atoms with E-state index in [4.69, 9.17) is 15.7 Å². The third-order valence-electron chi connectivity index (χ3n) is 5.51. The van der Waals surface area contributed by atoms with Crippen LogP contribution in [0.25, 0.3) is 44.8 Å². The van der Waals surface area contributed by atoms with Crippen molar-refractivity contribution in [2.24, 2.45) is 5.73 Å². The van der Waals surface area contributed by atoms with E-state index >= 15 is 0 Å². The number of imidazole rings is 2. The van der Waals surface area contributed by atoms with Crippen molar-refractivity contribution in [1.82, 2.24) is 19.1 Å². The summed E-state index contributed by atoms with van der Waals surface area (Å²) in [4.78, 5) is 9.78. The van der Waals surface area contributed by atoms with Gasteiger partial charge in [0.05, 0.1) is 22.1 Å². The number of hydrogen-bond acceptors (Lipinski definition) is 3. The molecule has 0 aliphatic carbocycles. The Morgan fingerprint density at radius 1 is 0.667 bits per heavy atom. The predicted molar refractivity (Wildman–Crippen MR) is 123 cm³/mol. The first-order valence-corrected chi connectivity index (χ1v) is 10.5. The SMILES string of the molecule is CCCn1c(-c2ccc(-c3nc4ccccc4n3CCN)cc2)nc2ccccc21. The molecule has 3 aromatic carbocycles. The number of nitrogens with two attached hydrogens (primary N) is 1. The lowest BCUT2D eigenvalue weighted by atomic mass is 10.1. The van der Waals surface area contributed by atoms with E-state index in [0.29, 0.717) is 6.54 Å². The van der Waals surface area contributed by atoms with Crippen LogP contribution in [0.15, 0.2) is 72.8 Å². The van der Waals surface area contributed by atoms with Gasteiger partial charge < -0.3 is 14.9 Å². The molecule has 0 radical (unpaired) electrons. The van der Waals surface area contributed by atoms with Crippen LogP contribution in [-0.2, 0) is 13.1 Å². The van der Waals surface area contributed by atoms with Crippen LogP contribution in [0, 0.1) is 0 Å². The van der Waals surface area contributed by atoms with E-state index in [-0.39, 0.29) is 0 Å². The van der Waals surface area contributed by atoms with Crippen molar-refractivity contribution in [3.8, 4) is 22.8 Å². The standard InChI is InChI=1S/C25H25N5/c1-2-16-29-22-9-5-3-7-20(22)27-24(29)18-11-13-19(14-12-18)25-28-21-8-4-6-10-23(21)30(25)17-15-26/h3-14H,2,15-17,26H2,1H3. The molecule has 2 N–H and O–H groups in total. The van der Waals surface area contributed by atoms with Crippen LogP contribution in [-0.4, -0.2) is 25.6 Å². The number of fused-ring (bicyclic) bond motifs is 2. The van der Waals surface area contributed by atoms with Crippen LogP contribution >= 0.6 is 0 Å². The number of nitrogens with zero attached hydrogens (tertiary/aromatic N) is 4.